The van der Waals surface area contributed by atoms with Gasteiger partial charge in [0.25, 0.3) is 0 Å². The van der Waals surface area contributed by atoms with Crippen molar-refractivity contribution in [3.63, 3.8) is 0 Å². The van der Waals surface area contributed by atoms with Crippen molar-refractivity contribution in [1.29, 1.82) is 0 Å². The van der Waals surface area contributed by atoms with Crippen LogP contribution in [-0.4, -0.2) is 57.8 Å². The molecule has 0 unspecified atom stereocenters. The number of likely N-dealkylation sites (N-methyl/N-ethyl adjacent to an activating group) is 1. The number of hydrogen-bond acceptors (Lipinski definition) is 6. The highest BCUT2D eigenvalue weighted by Gasteiger charge is 2.25. The van der Waals surface area contributed by atoms with Crippen LogP contribution in [0.4, 0.5) is 4.39 Å². The molecule has 25 heavy (non-hydrogen) atoms. The van der Waals surface area contributed by atoms with E-state index in [1.165, 1.54) is 12.1 Å². The number of likely N-dealkylation sites (tertiary alicyclic amines) is 1. The van der Waals surface area contributed by atoms with Crippen molar-refractivity contribution in [2.75, 3.05) is 26.7 Å². The number of aromatic nitrogens is 2. The second-order valence-corrected chi connectivity index (χ2v) is 6.77. The van der Waals surface area contributed by atoms with Crippen LogP contribution in [0.1, 0.15) is 36.2 Å². The van der Waals surface area contributed by atoms with Crippen molar-refractivity contribution in [3.8, 4) is 0 Å². The molecule has 0 bridgehead atoms. The van der Waals surface area contributed by atoms with Crippen LogP contribution in [0, 0.1) is 12.7 Å². The molecule has 3 rings (SSSR count). The molecule has 0 aliphatic carbocycles. The maximum atomic E-state index is 13.3. The van der Waals surface area contributed by atoms with Gasteiger partial charge in [-0.1, -0.05) is 17.3 Å². The van der Waals surface area contributed by atoms with E-state index >= 15 is 0 Å². The Bertz CT molecular complexity index is 693. The second kappa shape index (κ2) is 8.03. The molecule has 2 heterocycles. The maximum Gasteiger partial charge on any atom is 0.223 e. The first-order valence-corrected chi connectivity index (χ1v) is 8.66. The van der Waals surface area contributed by atoms with Crippen molar-refractivity contribution in [1.82, 2.24) is 19.9 Å². The maximum absolute atomic E-state index is 13.3. The molecule has 1 aromatic carbocycles. The normalized spacial score (nSPS) is 20.1. The molecular weight excluding hydrogens is 323 g/mol. The number of rotatable bonds is 6. The minimum atomic E-state index is -0.698. The Balaban J connectivity index is 1.55. The summed E-state index contributed by atoms with van der Waals surface area (Å²) in [6.07, 6.45) is 1.46. The van der Waals surface area contributed by atoms with Crippen molar-refractivity contribution in [2.45, 2.75) is 38.5 Å². The van der Waals surface area contributed by atoms with E-state index in [1.807, 2.05) is 7.05 Å². The lowest BCUT2D eigenvalue weighted by Crippen LogP contribution is -2.47. The van der Waals surface area contributed by atoms with Crippen LogP contribution in [0.15, 0.2) is 28.8 Å². The van der Waals surface area contributed by atoms with Gasteiger partial charge >= 0.3 is 0 Å². The summed E-state index contributed by atoms with van der Waals surface area (Å²) in [5, 5.41) is 14.4. The van der Waals surface area contributed by atoms with Gasteiger partial charge in [-0.25, -0.2) is 4.39 Å². The SMILES string of the molecule is Cc1nc(CN2CCC[C@@H](N(C)C[C@H](O)c3cccc(F)c3)C2)no1. The summed E-state index contributed by atoms with van der Waals surface area (Å²) < 4.78 is 18.4. The highest BCUT2D eigenvalue weighted by atomic mass is 19.1. The average Bonchev–Trinajstić information content (AvgIpc) is 3.00. The minimum absolute atomic E-state index is 0.321. The lowest BCUT2D eigenvalue weighted by Gasteiger charge is -2.38. The predicted molar refractivity (Wildman–Crippen MR) is 91.3 cm³/mol. The summed E-state index contributed by atoms with van der Waals surface area (Å²) >= 11 is 0. The fourth-order valence-corrected chi connectivity index (χ4v) is 3.38. The smallest absolute Gasteiger partial charge is 0.223 e. The van der Waals surface area contributed by atoms with E-state index in [0.29, 0.717) is 36.4 Å². The third-order valence-corrected chi connectivity index (χ3v) is 4.73. The third-order valence-electron chi connectivity index (χ3n) is 4.73. The Kier molecular flexibility index (Phi) is 5.78. The summed E-state index contributed by atoms with van der Waals surface area (Å²) in [7, 11) is 2.01. The first-order chi connectivity index (χ1) is 12.0. The molecular formula is C18H25FN4O2. The van der Waals surface area contributed by atoms with Gasteiger partial charge in [-0.3, -0.25) is 9.80 Å². The molecule has 7 heteroatoms. The minimum Gasteiger partial charge on any atom is -0.387 e. The van der Waals surface area contributed by atoms with E-state index in [4.69, 9.17) is 4.52 Å². The van der Waals surface area contributed by atoms with Gasteiger partial charge in [-0.15, -0.1) is 0 Å². The van der Waals surface area contributed by atoms with E-state index in [9.17, 15) is 9.50 Å². The molecule has 136 valence electrons. The Morgan fingerprint density at radius 3 is 3.04 bits per heavy atom. The predicted octanol–water partition coefficient (Wildman–Crippen LogP) is 2.15. The molecule has 0 saturated carbocycles. The number of hydrogen-bond donors (Lipinski definition) is 1. The lowest BCUT2D eigenvalue weighted by molar-refractivity contribution is 0.0637. The molecule has 1 fully saturated rings. The third kappa shape index (κ3) is 4.84. The lowest BCUT2D eigenvalue weighted by atomic mass is 10.0. The van der Waals surface area contributed by atoms with Crippen molar-refractivity contribution >= 4 is 0 Å². The van der Waals surface area contributed by atoms with Crippen LogP contribution in [-0.2, 0) is 6.54 Å². The van der Waals surface area contributed by atoms with Crippen molar-refractivity contribution in [3.05, 3.63) is 47.4 Å². The molecule has 6 nitrogen and oxygen atoms in total. The number of aliphatic hydroxyl groups excluding tert-OH is 1. The van der Waals surface area contributed by atoms with E-state index in [2.05, 4.69) is 19.9 Å². The van der Waals surface area contributed by atoms with Crippen LogP contribution in [0.5, 0.6) is 0 Å². The summed E-state index contributed by atoms with van der Waals surface area (Å²) in [6.45, 7) is 4.83. The van der Waals surface area contributed by atoms with E-state index < -0.39 is 6.10 Å². The first kappa shape index (κ1) is 18.0. The van der Waals surface area contributed by atoms with E-state index in [-0.39, 0.29) is 5.82 Å². The Morgan fingerprint density at radius 1 is 1.48 bits per heavy atom. The molecule has 2 atom stereocenters. The summed E-state index contributed by atoms with van der Waals surface area (Å²) in [5.74, 6) is 0.970. The number of aliphatic hydroxyl groups is 1. The van der Waals surface area contributed by atoms with Crippen LogP contribution in [0.25, 0.3) is 0 Å². The topological polar surface area (TPSA) is 65.6 Å². The molecule has 0 spiro atoms. The zero-order chi connectivity index (χ0) is 17.8. The number of benzene rings is 1. The number of nitrogens with zero attached hydrogens (tertiary/aromatic N) is 4. The van der Waals surface area contributed by atoms with Crippen LogP contribution in [0.3, 0.4) is 0 Å². The first-order valence-electron chi connectivity index (χ1n) is 8.66. The molecule has 1 N–H and O–H groups in total. The molecule has 0 radical (unpaired) electrons. The molecule has 0 amide bonds. The van der Waals surface area contributed by atoms with Gasteiger partial charge in [-0.2, -0.15) is 4.98 Å². The zero-order valence-corrected chi connectivity index (χ0v) is 14.7. The Hall–Kier alpha value is -1.83. The van der Waals surface area contributed by atoms with E-state index in [1.54, 1.807) is 19.1 Å². The van der Waals surface area contributed by atoms with Gasteiger partial charge < -0.3 is 9.63 Å². The monoisotopic (exact) mass is 348 g/mol. The largest absolute Gasteiger partial charge is 0.387 e. The molecule has 1 saturated heterocycles. The highest BCUT2D eigenvalue weighted by Crippen LogP contribution is 2.20. The quantitative estimate of drug-likeness (QED) is 0.863. The van der Waals surface area contributed by atoms with Gasteiger partial charge in [-0.05, 0) is 44.1 Å². The van der Waals surface area contributed by atoms with Crippen LogP contribution < -0.4 is 0 Å². The van der Waals surface area contributed by atoms with E-state index in [0.717, 1.165) is 25.9 Å². The summed E-state index contributed by atoms with van der Waals surface area (Å²) in [5.41, 5.74) is 0.613. The molecule has 1 aliphatic rings. The van der Waals surface area contributed by atoms with Gasteiger partial charge in [0.05, 0.1) is 12.6 Å². The van der Waals surface area contributed by atoms with Crippen molar-refractivity contribution < 1.29 is 14.0 Å². The zero-order valence-electron chi connectivity index (χ0n) is 14.7. The van der Waals surface area contributed by atoms with Gasteiger partial charge in [0, 0.05) is 26.1 Å². The van der Waals surface area contributed by atoms with Crippen LogP contribution in [0.2, 0.25) is 0 Å². The van der Waals surface area contributed by atoms with Crippen molar-refractivity contribution in [2.24, 2.45) is 0 Å². The molecule has 1 aliphatic heterocycles. The van der Waals surface area contributed by atoms with Gasteiger partial charge in [0.15, 0.2) is 5.82 Å². The average molecular weight is 348 g/mol. The standard InChI is InChI=1S/C18H25FN4O2/c1-13-20-18(21-25-13)12-23-8-4-7-16(10-23)22(2)11-17(24)14-5-3-6-15(19)9-14/h3,5-6,9,16-17,24H,4,7-8,10-12H2,1-2H3/t16-,17+/m1/s1. The Morgan fingerprint density at radius 2 is 2.32 bits per heavy atom. The summed E-state index contributed by atoms with van der Waals surface area (Å²) in [4.78, 5) is 8.73. The number of piperidine rings is 1. The molecule has 2 aromatic rings. The molecule has 1 aromatic heterocycles. The fourth-order valence-electron chi connectivity index (χ4n) is 3.38. The van der Waals surface area contributed by atoms with Gasteiger partial charge in [0.2, 0.25) is 5.89 Å². The number of aryl methyl sites for hydroxylation is 1. The van der Waals surface area contributed by atoms with Gasteiger partial charge in [0.1, 0.15) is 5.82 Å². The summed E-state index contributed by atoms with van der Waals surface area (Å²) in [6, 6.07) is 6.50. The fraction of sp³-hybridized carbons (Fsp3) is 0.556. The number of halogens is 1. The second-order valence-electron chi connectivity index (χ2n) is 6.77. The highest BCUT2D eigenvalue weighted by molar-refractivity contribution is 5.19. The Labute approximate surface area is 147 Å². The van der Waals surface area contributed by atoms with Crippen LogP contribution >= 0.6 is 0 Å².